The Balaban J connectivity index is 1.21. The molecule has 0 radical (unpaired) electrons. The van der Waals surface area contributed by atoms with E-state index in [4.69, 9.17) is 0 Å². The van der Waals surface area contributed by atoms with Crippen LogP contribution in [-0.4, -0.2) is 0 Å². The highest BCUT2D eigenvalue weighted by Crippen LogP contribution is 2.65. The second-order valence-electron chi connectivity index (χ2n) is 20.1. The molecule has 2 aliphatic carbocycles. The lowest BCUT2D eigenvalue weighted by atomic mass is 9.79. The second kappa shape index (κ2) is 18.0. The van der Waals surface area contributed by atoms with E-state index in [0.29, 0.717) is 0 Å². The topological polar surface area (TPSA) is 0 Å². The van der Waals surface area contributed by atoms with Crippen molar-refractivity contribution in [2.24, 2.45) is 0 Å². The molecule has 0 N–H and O–H groups in total. The largest absolute Gasteiger partial charge is 0.0622 e. The molecular formula is C76H48. The van der Waals surface area contributed by atoms with E-state index in [-0.39, 0.29) is 0 Å². The summed E-state index contributed by atoms with van der Waals surface area (Å²) in [5, 5.41) is 9.86. The summed E-state index contributed by atoms with van der Waals surface area (Å²) in [7, 11) is 0. The molecule has 0 unspecified atom stereocenters. The molecule has 76 heavy (non-hydrogen) atoms. The van der Waals surface area contributed by atoms with Crippen LogP contribution in [0, 0.1) is 0 Å². The zero-order chi connectivity index (χ0) is 50.1. The Kier molecular flexibility index (Phi) is 10.3. The van der Waals surface area contributed by atoms with Crippen LogP contribution in [0.25, 0.3) is 115 Å². The highest BCUT2D eigenvalue weighted by molar-refractivity contribution is 6.43. The molecule has 15 rings (SSSR count). The smallest absolute Gasteiger partial charge is 0.0000922 e. The number of hydrogen-bond donors (Lipinski definition) is 0. The van der Waals surface area contributed by atoms with Crippen molar-refractivity contribution >= 4 is 71.0 Å². The average Bonchev–Trinajstić information content (AvgIpc) is 4.07. The van der Waals surface area contributed by atoms with Crippen molar-refractivity contribution in [1.82, 2.24) is 0 Å². The monoisotopic (exact) mass is 960 g/mol. The summed E-state index contributed by atoms with van der Waals surface area (Å²) in [5.41, 5.74) is 24.6. The number of benzene rings is 13. The lowest BCUT2D eigenvalue weighted by Gasteiger charge is -2.23. The minimum Gasteiger partial charge on any atom is -0.0622 e. The molecule has 0 heteroatoms. The van der Waals surface area contributed by atoms with Crippen LogP contribution in [0.1, 0.15) is 33.4 Å². The molecule has 0 spiro atoms. The van der Waals surface area contributed by atoms with E-state index < -0.39 is 0 Å². The van der Waals surface area contributed by atoms with Crippen molar-refractivity contribution in [2.75, 3.05) is 0 Å². The molecule has 0 saturated carbocycles. The Morgan fingerprint density at radius 1 is 0.132 bits per heavy atom. The molecule has 0 amide bonds. The molecule has 0 atom stereocenters. The van der Waals surface area contributed by atoms with Crippen LogP contribution in [0.4, 0.5) is 0 Å². The summed E-state index contributed by atoms with van der Waals surface area (Å²) in [6.07, 6.45) is 0. The van der Waals surface area contributed by atoms with Crippen LogP contribution < -0.4 is 0 Å². The van der Waals surface area contributed by atoms with E-state index in [0.717, 1.165) is 0 Å². The number of rotatable bonds is 8. The first-order valence-electron chi connectivity index (χ1n) is 26.4. The molecule has 0 nitrogen and oxygen atoms in total. The van der Waals surface area contributed by atoms with Crippen molar-refractivity contribution in [1.29, 1.82) is 0 Å². The van der Waals surface area contributed by atoms with Crippen molar-refractivity contribution in [2.45, 2.75) is 0 Å². The number of fused-ring (bicyclic) bond motifs is 7. The lowest BCUT2D eigenvalue weighted by Crippen LogP contribution is -2.00. The van der Waals surface area contributed by atoms with Gasteiger partial charge >= 0.3 is 0 Å². The fourth-order valence-electron chi connectivity index (χ4n) is 12.9. The predicted octanol–water partition coefficient (Wildman–Crippen LogP) is 20.3. The first-order valence-corrected chi connectivity index (χ1v) is 26.4. The second-order valence-corrected chi connectivity index (χ2v) is 20.1. The number of hydrogen-bond acceptors (Lipinski definition) is 0. The van der Waals surface area contributed by atoms with Crippen molar-refractivity contribution in [3.05, 3.63) is 330 Å². The van der Waals surface area contributed by atoms with Crippen LogP contribution in [0.2, 0.25) is 0 Å². The van der Waals surface area contributed by atoms with Gasteiger partial charge in [-0.1, -0.05) is 279 Å². The highest BCUT2D eigenvalue weighted by atomic mass is 14.4. The molecule has 0 heterocycles. The minimum atomic E-state index is 1.18. The van der Waals surface area contributed by atoms with Crippen LogP contribution in [-0.2, 0) is 0 Å². The quantitative estimate of drug-likeness (QED) is 0.133. The zero-order valence-corrected chi connectivity index (χ0v) is 41.7. The van der Waals surface area contributed by atoms with E-state index in [1.165, 1.54) is 154 Å². The molecule has 0 aromatic heterocycles. The summed E-state index contributed by atoms with van der Waals surface area (Å²) in [6.45, 7) is 0. The Morgan fingerprint density at radius 3 is 0.697 bits per heavy atom. The van der Waals surface area contributed by atoms with Gasteiger partial charge in [0.05, 0.1) is 0 Å². The van der Waals surface area contributed by atoms with Gasteiger partial charge in [-0.05, 0) is 167 Å². The molecule has 2 aliphatic rings. The molecule has 0 bridgehead atoms. The van der Waals surface area contributed by atoms with Gasteiger partial charge in [0, 0.05) is 0 Å². The minimum absolute atomic E-state index is 1.18. The van der Waals surface area contributed by atoms with Crippen LogP contribution in [0.5, 0.6) is 0 Å². The zero-order valence-electron chi connectivity index (χ0n) is 41.7. The Hall–Kier alpha value is -9.88. The van der Waals surface area contributed by atoms with Gasteiger partial charge in [-0.3, -0.25) is 0 Å². The Labute approximate surface area is 443 Å². The lowest BCUT2D eigenvalue weighted by molar-refractivity contribution is 1.53. The van der Waals surface area contributed by atoms with Crippen molar-refractivity contribution in [3.8, 4) is 44.5 Å². The summed E-state index contributed by atoms with van der Waals surface area (Å²) in [5.74, 6) is 0. The van der Waals surface area contributed by atoms with Gasteiger partial charge in [0.25, 0.3) is 0 Å². The summed E-state index contributed by atoms with van der Waals surface area (Å²) >= 11 is 0. The standard InChI is InChI=1S/C76H48/c1-7-27-49(28-8-1)63-47-65-66(48-64(63)50-29-9-2-10-30-50)74-75(72-61-45-25-21-41-57(61)68(52-33-13-4-14-34-52)58-42-22-26-46-62(58)72)69(53-35-15-5-16-36-53)70(54-37-17-6-18-38-54)76(74)73(65)71-59-43-23-19-39-55(59)67(51-31-11-3-12-32-51)56-40-20-24-44-60(56)71/h1-48H. The van der Waals surface area contributed by atoms with Gasteiger partial charge in [-0.2, -0.15) is 0 Å². The van der Waals surface area contributed by atoms with Gasteiger partial charge in [0.1, 0.15) is 0 Å². The molecule has 0 aliphatic heterocycles. The molecular weight excluding hydrogens is 913 g/mol. The van der Waals surface area contributed by atoms with Gasteiger partial charge in [0.15, 0.2) is 0 Å². The van der Waals surface area contributed by atoms with Crippen LogP contribution in [0.15, 0.2) is 297 Å². The Morgan fingerprint density at radius 2 is 0.368 bits per heavy atom. The number of allylic oxidation sites excluding steroid dienone is 5. The van der Waals surface area contributed by atoms with Gasteiger partial charge in [-0.15, -0.1) is 0 Å². The summed E-state index contributed by atoms with van der Waals surface area (Å²) < 4.78 is 0. The van der Waals surface area contributed by atoms with Gasteiger partial charge in [-0.25, -0.2) is 0 Å². The molecule has 0 fully saturated rings. The van der Waals surface area contributed by atoms with E-state index in [1.807, 2.05) is 0 Å². The third-order valence-electron chi connectivity index (χ3n) is 16.0. The average molecular weight is 961 g/mol. The van der Waals surface area contributed by atoms with Crippen LogP contribution in [0.3, 0.4) is 0 Å². The molecule has 13 aromatic rings. The third kappa shape index (κ3) is 6.78. The predicted molar refractivity (Wildman–Crippen MR) is 324 cm³/mol. The maximum Gasteiger partial charge on any atom is -0.0000922 e. The van der Waals surface area contributed by atoms with Crippen molar-refractivity contribution in [3.63, 3.8) is 0 Å². The van der Waals surface area contributed by atoms with E-state index in [2.05, 4.69) is 291 Å². The maximum atomic E-state index is 2.55. The summed E-state index contributed by atoms with van der Waals surface area (Å²) in [4.78, 5) is 0. The summed E-state index contributed by atoms with van der Waals surface area (Å²) in [6, 6.07) is 108. The first kappa shape index (κ1) is 43.7. The molecule has 352 valence electrons. The van der Waals surface area contributed by atoms with Gasteiger partial charge in [0.2, 0.25) is 0 Å². The molecule has 0 saturated heterocycles. The van der Waals surface area contributed by atoms with Crippen molar-refractivity contribution < 1.29 is 0 Å². The SMILES string of the molecule is c1ccc(C2=C(c3ccccc3)C(c3c4ccccc4c(-c4ccccc4)c4ccccc34)=C3C2=C(c2c4ccccc4c(-c4ccccc4)c4ccccc24)c2cc(-c4ccccc4)c(-c4ccccc4)cc23)cc1. The fraction of sp³-hybridized carbons (Fsp3) is 0. The fourth-order valence-corrected chi connectivity index (χ4v) is 12.9. The van der Waals surface area contributed by atoms with E-state index >= 15 is 0 Å². The normalized spacial score (nSPS) is 13.1. The first-order chi connectivity index (χ1) is 37.8. The van der Waals surface area contributed by atoms with Crippen LogP contribution >= 0.6 is 0 Å². The third-order valence-corrected chi connectivity index (χ3v) is 16.0. The Bertz CT molecular complexity index is 4430. The molecule has 13 aromatic carbocycles. The van der Waals surface area contributed by atoms with E-state index in [9.17, 15) is 0 Å². The maximum absolute atomic E-state index is 2.55. The highest BCUT2D eigenvalue weighted by Gasteiger charge is 2.43. The van der Waals surface area contributed by atoms with Gasteiger partial charge < -0.3 is 0 Å². The van der Waals surface area contributed by atoms with E-state index in [1.54, 1.807) is 0 Å².